The molecule has 0 radical (unpaired) electrons. The molecule has 0 aliphatic heterocycles. The van der Waals surface area contributed by atoms with Crippen molar-refractivity contribution in [2.75, 3.05) is 6.61 Å². The van der Waals surface area contributed by atoms with Crippen LogP contribution in [0.1, 0.15) is 45.7 Å². The number of ether oxygens (including phenoxy) is 1. The van der Waals surface area contributed by atoms with E-state index < -0.39 is 26.2 Å². The predicted molar refractivity (Wildman–Crippen MR) is 134 cm³/mol. The molecule has 0 fully saturated rings. The monoisotopic (exact) mass is 486 g/mol. The van der Waals surface area contributed by atoms with Gasteiger partial charge in [-0.2, -0.15) is 13.2 Å². The van der Waals surface area contributed by atoms with E-state index in [1.807, 2.05) is 50.2 Å². The summed E-state index contributed by atoms with van der Waals surface area (Å²) in [5, 5.41) is 2.00. The largest absolute Gasteiger partial charge is 0.490 e. The van der Waals surface area contributed by atoms with Gasteiger partial charge in [0.05, 0.1) is 11.7 Å². The van der Waals surface area contributed by atoms with Gasteiger partial charge in [-0.25, -0.2) is 0 Å². The Morgan fingerprint density at radius 1 is 0.794 bits per heavy atom. The Morgan fingerprint density at radius 3 is 1.76 bits per heavy atom. The van der Waals surface area contributed by atoms with E-state index >= 15 is 0 Å². The second kappa shape index (κ2) is 10.4. The molecule has 0 unspecified atom stereocenters. The number of hydrogen-bond acceptors (Lipinski definition) is 2. The summed E-state index contributed by atoms with van der Waals surface area (Å²) in [5.74, 6) is -0.101. The van der Waals surface area contributed by atoms with Gasteiger partial charge in [-0.15, -0.1) is 0 Å². The first-order valence-electron chi connectivity index (χ1n) is 11.6. The first-order chi connectivity index (χ1) is 16.0. The average Bonchev–Trinajstić information content (AvgIpc) is 2.80. The van der Waals surface area contributed by atoms with Gasteiger partial charge in [-0.1, -0.05) is 100 Å². The first kappa shape index (κ1) is 26.0. The van der Waals surface area contributed by atoms with Crippen molar-refractivity contribution < 1.29 is 22.3 Å². The Morgan fingerprint density at radius 2 is 1.32 bits per heavy atom. The van der Waals surface area contributed by atoms with Crippen molar-refractivity contribution in [3.63, 3.8) is 0 Å². The van der Waals surface area contributed by atoms with Gasteiger partial charge in [0, 0.05) is 0 Å². The number of halogens is 3. The molecule has 1 atom stereocenters. The molecule has 0 aliphatic rings. The van der Waals surface area contributed by atoms with Crippen LogP contribution >= 0.6 is 0 Å². The standard InChI is InChI=1S/C28H33F3O2Si/c1-6-22-14-13-19-25(28(29,30)31)26(22)32-20-21(2)33-34(27(3,4)5,23-15-9-7-10-16-23)24-17-11-8-12-18-24/h7-19,21H,6,20H2,1-5H3/t21-/m1/s1. The zero-order chi connectivity index (χ0) is 25.0. The maximum absolute atomic E-state index is 13.7. The topological polar surface area (TPSA) is 18.5 Å². The summed E-state index contributed by atoms with van der Waals surface area (Å²) < 4.78 is 53.7. The lowest BCUT2D eigenvalue weighted by Crippen LogP contribution is -2.67. The summed E-state index contributed by atoms with van der Waals surface area (Å²) in [6, 6.07) is 24.5. The minimum atomic E-state index is -4.48. The fraction of sp³-hybridized carbons (Fsp3) is 0.357. The van der Waals surface area contributed by atoms with Gasteiger partial charge in [-0.3, -0.25) is 0 Å². The molecule has 3 aromatic rings. The fourth-order valence-corrected chi connectivity index (χ4v) is 9.17. The normalized spacial score (nSPS) is 13.5. The van der Waals surface area contributed by atoms with E-state index in [-0.39, 0.29) is 17.4 Å². The molecule has 0 saturated heterocycles. The van der Waals surface area contributed by atoms with Gasteiger partial charge < -0.3 is 9.16 Å². The lowest BCUT2D eigenvalue weighted by molar-refractivity contribution is -0.139. The van der Waals surface area contributed by atoms with Crippen molar-refractivity contribution in [1.82, 2.24) is 0 Å². The summed E-state index contributed by atoms with van der Waals surface area (Å²) in [6.45, 7) is 10.2. The highest BCUT2D eigenvalue weighted by Crippen LogP contribution is 2.40. The van der Waals surface area contributed by atoms with Gasteiger partial charge in [0.2, 0.25) is 0 Å². The van der Waals surface area contributed by atoms with E-state index in [1.54, 1.807) is 6.07 Å². The third-order valence-electron chi connectivity index (χ3n) is 6.04. The third kappa shape index (κ3) is 5.39. The van der Waals surface area contributed by atoms with Gasteiger partial charge in [0.15, 0.2) is 0 Å². The maximum atomic E-state index is 13.7. The molecule has 2 nitrogen and oxygen atoms in total. The molecule has 182 valence electrons. The van der Waals surface area contributed by atoms with Crippen molar-refractivity contribution in [2.24, 2.45) is 0 Å². The summed E-state index contributed by atoms with van der Waals surface area (Å²) in [7, 11) is -2.82. The zero-order valence-electron chi connectivity index (χ0n) is 20.4. The lowest BCUT2D eigenvalue weighted by atomic mass is 10.1. The number of aryl methyl sites for hydroxylation is 1. The highest BCUT2D eigenvalue weighted by Gasteiger charge is 2.51. The number of benzene rings is 3. The predicted octanol–water partition coefficient (Wildman–Crippen LogP) is 6.61. The van der Waals surface area contributed by atoms with Crippen molar-refractivity contribution in [2.45, 2.75) is 58.4 Å². The quantitative estimate of drug-likeness (QED) is 0.334. The van der Waals surface area contributed by atoms with Crippen molar-refractivity contribution >= 4 is 18.7 Å². The van der Waals surface area contributed by atoms with Crippen molar-refractivity contribution in [3.8, 4) is 5.75 Å². The van der Waals surface area contributed by atoms with Crippen LogP contribution < -0.4 is 15.1 Å². The van der Waals surface area contributed by atoms with Crippen LogP contribution in [-0.4, -0.2) is 21.0 Å². The van der Waals surface area contributed by atoms with E-state index in [4.69, 9.17) is 9.16 Å². The van der Waals surface area contributed by atoms with Crippen LogP contribution in [0, 0.1) is 0 Å². The van der Waals surface area contributed by atoms with E-state index in [1.165, 1.54) is 6.07 Å². The number of alkyl halides is 3. The molecule has 0 aliphatic carbocycles. The maximum Gasteiger partial charge on any atom is 0.419 e. The Kier molecular flexibility index (Phi) is 7.94. The van der Waals surface area contributed by atoms with E-state index in [2.05, 4.69) is 45.0 Å². The molecular formula is C28H33F3O2Si. The molecule has 0 amide bonds. The molecule has 34 heavy (non-hydrogen) atoms. The van der Waals surface area contributed by atoms with Crippen LogP contribution in [0.2, 0.25) is 5.04 Å². The van der Waals surface area contributed by atoms with E-state index in [0.29, 0.717) is 12.0 Å². The minimum absolute atomic E-state index is 0.0184. The second-order valence-electron chi connectivity index (χ2n) is 9.55. The summed E-state index contributed by atoms with van der Waals surface area (Å²) in [5.41, 5.74) is -0.211. The molecule has 0 heterocycles. The van der Waals surface area contributed by atoms with Crippen LogP contribution in [0.4, 0.5) is 13.2 Å². The summed E-state index contributed by atoms with van der Waals surface area (Å²) in [4.78, 5) is 0. The average molecular weight is 487 g/mol. The summed E-state index contributed by atoms with van der Waals surface area (Å²) in [6.07, 6.45) is -4.47. The lowest BCUT2D eigenvalue weighted by Gasteiger charge is -2.44. The molecule has 6 heteroatoms. The Balaban J connectivity index is 1.98. The fourth-order valence-electron chi connectivity index (χ4n) is 4.48. The molecular weight excluding hydrogens is 453 g/mol. The number of rotatable bonds is 8. The SMILES string of the molecule is CCc1cccc(C(F)(F)F)c1OC[C@@H](C)O[Si](c1ccccc1)(c1ccccc1)C(C)(C)C. The Labute approximate surface area is 201 Å². The Hall–Kier alpha value is -2.57. The molecule has 0 saturated carbocycles. The highest BCUT2D eigenvalue weighted by molar-refractivity contribution is 6.99. The van der Waals surface area contributed by atoms with Gasteiger partial charge in [0.25, 0.3) is 8.32 Å². The van der Waals surface area contributed by atoms with Crippen LogP contribution in [-0.2, 0) is 17.0 Å². The van der Waals surface area contributed by atoms with Crippen molar-refractivity contribution in [3.05, 3.63) is 90.0 Å². The van der Waals surface area contributed by atoms with E-state index in [9.17, 15) is 13.2 Å². The van der Waals surface area contributed by atoms with Crippen LogP contribution in [0.15, 0.2) is 78.9 Å². The molecule has 3 rings (SSSR count). The molecule has 0 spiro atoms. The van der Waals surface area contributed by atoms with E-state index in [0.717, 1.165) is 16.4 Å². The first-order valence-corrected chi connectivity index (χ1v) is 13.5. The van der Waals surface area contributed by atoms with Gasteiger partial charge in [0.1, 0.15) is 12.4 Å². The summed E-state index contributed by atoms with van der Waals surface area (Å²) >= 11 is 0. The zero-order valence-corrected chi connectivity index (χ0v) is 21.4. The third-order valence-corrected chi connectivity index (χ3v) is 11.2. The van der Waals surface area contributed by atoms with Crippen LogP contribution in [0.25, 0.3) is 0 Å². The number of para-hydroxylation sites is 1. The highest BCUT2D eigenvalue weighted by atomic mass is 28.4. The molecule has 0 bridgehead atoms. The number of hydrogen-bond donors (Lipinski definition) is 0. The molecule has 0 N–H and O–H groups in total. The molecule has 0 aromatic heterocycles. The van der Waals surface area contributed by atoms with Crippen molar-refractivity contribution in [1.29, 1.82) is 0 Å². The van der Waals surface area contributed by atoms with Crippen LogP contribution in [0.5, 0.6) is 5.75 Å². The van der Waals surface area contributed by atoms with Crippen LogP contribution in [0.3, 0.4) is 0 Å². The molecule has 3 aromatic carbocycles. The smallest absolute Gasteiger partial charge is 0.419 e. The second-order valence-corrected chi connectivity index (χ2v) is 13.8. The van der Waals surface area contributed by atoms with Gasteiger partial charge >= 0.3 is 6.18 Å². The van der Waals surface area contributed by atoms with Gasteiger partial charge in [-0.05, 0) is 40.4 Å². The minimum Gasteiger partial charge on any atom is -0.490 e. The Bertz CT molecular complexity index is 1020.